The van der Waals surface area contributed by atoms with Crippen molar-refractivity contribution in [2.75, 3.05) is 32.8 Å². The fraction of sp³-hybridized carbons (Fsp3) is 1.00. The van der Waals surface area contributed by atoms with E-state index in [1.165, 1.54) is 45.3 Å². The van der Waals surface area contributed by atoms with Crippen molar-refractivity contribution in [1.29, 1.82) is 0 Å². The van der Waals surface area contributed by atoms with E-state index in [1.807, 2.05) is 0 Å². The Balaban J connectivity index is 1.53. The molecule has 82 valence electrons. The van der Waals surface area contributed by atoms with Crippen molar-refractivity contribution in [3.05, 3.63) is 0 Å². The highest BCUT2D eigenvalue weighted by Gasteiger charge is 2.21. The first kappa shape index (κ1) is 10.4. The van der Waals surface area contributed by atoms with E-state index in [4.69, 9.17) is 5.11 Å². The number of hydrogen-bond donors (Lipinski definition) is 2. The molecule has 1 heterocycles. The van der Waals surface area contributed by atoms with E-state index in [2.05, 4.69) is 10.2 Å². The van der Waals surface area contributed by atoms with Gasteiger partial charge in [0.15, 0.2) is 0 Å². The van der Waals surface area contributed by atoms with Crippen molar-refractivity contribution >= 4 is 0 Å². The van der Waals surface area contributed by atoms with E-state index in [0.29, 0.717) is 12.5 Å². The molecule has 2 aliphatic rings. The quantitative estimate of drug-likeness (QED) is 0.673. The van der Waals surface area contributed by atoms with Gasteiger partial charge in [-0.1, -0.05) is 0 Å². The summed E-state index contributed by atoms with van der Waals surface area (Å²) in [7, 11) is 0. The van der Waals surface area contributed by atoms with E-state index < -0.39 is 0 Å². The van der Waals surface area contributed by atoms with Crippen LogP contribution < -0.4 is 5.32 Å². The van der Waals surface area contributed by atoms with E-state index in [9.17, 15) is 0 Å². The molecule has 0 aromatic rings. The number of aliphatic hydroxyl groups excluding tert-OH is 1. The fourth-order valence-corrected chi connectivity index (χ4v) is 2.11. The number of nitrogens with zero attached hydrogens (tertiary/aromatic N) is 1. The predicted molar refractivity (Wildman–Crippen MR) is 57.3 cm³/mol. The minimum Gasteiger partial charge on any atom is -0.396 e. The minimum absolute atomic E-state index is 0.383. The number of likely N-dealkylation sites (tertiary alicyclic amines) is 1. The van der Waals surface area contributed by atoms with Crippen LogP contribution in [0.15, 0.2) is 0 Å². The SMILES string of the molecule is OCC1CCN(CCNC2CC2)CC1. The molecular formula is C11H22N2O. The smallest absolute Gasteiger partial charge is 0.0460 e. The lowest BCUT2D eigenvalue weighted by Gasteiger charge is -2.30. The monoisotopic (exact) mass is 198 g/mol. The molecule has 0 spiro atoms. The molecule has 0 aromatic carbocycles. The summed E-state index contributed by atoms with van der Waals surface area (Å²) in [6.07, 6.45) is 5.12. The molecule has 0 bridgehead atoms. The zero-order chi connectivity index (χ0) is 9.80. The lowest BCUT2D eigenvalue weighted by atomic mass is 9.98. The third kappa shape index (κ3) is 3.23. The highest BCUT2D eigenvalue weighted by atomic mass is 16.3. The van der Waals surface area contributed by atoms with Crippen LogP contribution in [-0.4, -0.2) is 48.8 Å². The van der Waals surface area contributed by atoms with Crippen molar-refractivity contribution in [2.24, 2.45) is 5.92 Å². The second-order valence-electron chi connectivity index (χ2n) is 4.70. The van der Waals surface area contributed by atoms with Crippen LogP contribution in [0.4, 0.5) is 0 Å². The zero-order valence-electron chi connectivity index (χ0n) is 8.91. The maximum Gasteiger partial charge on any atom is 0.0460 e. The van der Waals surface area contributed by atoms with Gasteiger partial charge in [0.2, 0.25) is 0 Å². The Morgan fingerprint density at radius 1 is 1.14 bits per heavy atom. The van der Waals surface area contributed by atoms with Crippen LogP contribution in [0.3, 0.4) is 0 Å². The molecule has 1 aliphatic heterocycles. The maximum atomic E-state index is 9.00. The Hall–Kier alpha value is -0.120. The molecular weight excluding hydrogens is 176 g/mol. The van der Waals surface area contributed by atoms with Gasteiger partial charge in [-0.2, -0.15) is 0 Å². The first-order valence-electron chi connectivity index (χ1n) is 5.95. The van der Waals surface area contributed by atoms with Crippen LogP contribution in [0.1, 0.15) is 25.7 Å². The van der Waals surface area contributed by atoms with Crippen molar-refractivity contribution in [3.63, 3.8) is 0 Å². The molecule has 0 radical (unpaired) electrons. The summed E-state index contributed by atoms with van der Waals surface area (Å²) in [4.78, 5) is 2.52. The molecule has 3 heteroatoms. The third-order valence-electron chi connectivity index (χ3n) is 3.40. The minimum atomic E-state index is 0.383. The van der Waals surface area contributed by atoms with Crippen molar-refractivity contribution < 1.29 is 5.11 Å². The zero-order valence-corrected chi connectivity index (χ0v) is 8.91. The van der Waals surface area contributed by atoms with Crippen LogP contribution in [0.25, 0.3) is 0 Å². The van der Waals surface area contributed by atoms with Gasteiger partial charge in [-0.15, -0.1) is 0 Å². The Morgan fingerprint density at radius 3 is 2.43 bits per heavy atom. The van der Waals surface area contributed by atoms with E-state index in [0.717, 1.165) is 12.6 Å². The highest BCUT2D eigenvalue weighted by molar-refractivity contribution is 4.81. The second kappa shape index (κ2) is 5.10. The second-order valence-corrected chi connectivity index (χ2v) is 4.70. The number of aliphatic hydroxyl groups is 1. The summed E-state index contributed by atoms with van der Waals surface area (Å²) < 4.78 is 0. The highest BCUT2D eigenvalue weighted by Crippen LogP contribution is 2.19. The van der Waals surface area contributed by atoms with Gasteiger partial charge in [0.05, 0.1) is 0 Å². The van der Waals surface area contributed by atoms with Gasteiger partial charge in [0.1, 0.15) is 0 Å². The molecule has 0 aromatic heterocycles. The first-order chi connectivity index (χ1) is 6.88. The summed E-state index contributed by atoms with van der Waals surface area (Å²) in [6.45, 7) is 5.08. The summed E-state index contributed by atoms with van der Waals surface area (Å²) in [5.74, 6) is 0.572. The van der Waals surface area contributed by atoms with E-state index in [1.54, 1.807) is 0 Å². The van der Waals surface area contributed by atoms with Gasteiger partial charge in [-0.3, -0.25) is 0 Å². The van der Waals surface area contributed by atoms with Crippen LogP contribution in [0.5, 0.6) is 0 Å². The summed E-state index contributed by atoms with van der Waals surface area (Å²) in [5.41, 5.74) is 0. The number of rotatable bonds is 5. The molecule has 14 heavy (non-hydrogen) atoms. The van der Waals surface area contributed by atoms with Gasteiger partial charge >= 0.3 is 0 Å². The standard InChI is InChI=1S/C11H22N2O/c14-9-10-3-6-13(7-4-10)8-5-12-11-1-2-11/h10-12,14H,1-9H2. The largest absolute Gasteiger partial charge is 0.396 e. The molecule has 2 rings (SSSR count). The third-order valence-corrected chi connectivity index (χ3v) is 3.40. The topological polar surface area (TPSA) is 35.5 Å². The maximum absolute atomic E-state index is 9.00. The lowest BCUT2D eigenvalue weighted by molar-refractivity contribution is 0.132. The molecule has 0 amide bonds. The van der Waals surface area contributed by atoms with Crippen molar-refractivity contribution in [2.45, 2.75) is 31.7 Å². The molecule has 1 saturated heterocycles. The van der Waals surface area contributed by atoms with Gasteiger partial charge < -0.3 is 15.3 Å². The van der Waals surface area contributed by atoms with Crippen LogP contribution >= 0.6 is 0 Å². The summed E-state index contributed by atoms with van der Waals surface area (Å²) >= 11 is 0. The Labute approximate surface area is 86.5 Å². The molecule has 0 unspecified atom stereocenters. The van der Waals surface area contributed by atoms with Gasteiger partial charge in [0, 0.05) is 25.7 Å². The summed E-state index contributed by atoms with van der Waals surface area (Å²) in [5, 5.41) is 12.5. The number of hydrogen-bond acceptors (Lipinski definition) is 3. The molecule has 1 aliphatic carbocycles. The average Bonchev–Trinajstić information content (AvgIpc) is 3.03. The number of piperidine rings is 1. The van der Waals surface area contributed by atoms with Crippen molar-refractivity contribution in [1.82, 2.24) is 10.2 Å². The Kier molecular flexibility index (Phi) is 3.79. The van der Waals surface area contributed by atoms with Crippen LogP contribution in [0.2, 0.25) is 0 Å². The number of nitrogens with one attached hydrogen (secondary N) is 1. The molecule has 3 nitrogen and oxygen atoms in total. The fourth-order valence-electron chi connectivity index (χ4n) is 2.11. The molecule has 2 fully saturated rings. The van der Waals surface area contributed by atoms with Gasteiger partial charge in [0.25, 0.3) is 0 Å². The van der Waals surface area contributed by atoms with Gasteiger partial charge in [-0.05, 0) is 44.7 Å². The molecule has 0 atom stereocenters. The van der Waals surface area contributed by atoms with E-state index >= 15 is 0 Å². The Morgan fingerprint density at radius 2 is 1.86 bits per heavy atom. The molecule has 2 N–H and O–H groups in total. The van der Waals surface area contributed by atoms with Crippen molar-refractivity contribution in [3.8, 4) is 0 Å². The normalized spacial score (nSPS) is 25.5. The van der Waals surface area contributed by atoms with Crippen LogP contribution in [-0.2, 0) is 0 Å². The average molecular weight is 198 g/mol. The van der Waals surface area contributed by atoms with Crippen LogP contribution in [0, 0.1) is 5.92 Å². The summed E-state index contributed by atoms with van der Waals surface area (Å²) in [6, 6.07) is 0.838. The molecule has 1 saturated carbocycles. The first-order valence-corrected chi connectivity index (χ1v) is 5.95. The predicted octanol–water partition coefficient (Wildman–Crippen LogP) is 0.443. The Bertz CT molecular complexity index is 163. The lowest BCUT2D eigenvalue weighted by Crippen LogP contribution is -2.39. The van der Waals surface area contributed by atoms with E-state index in [-0.39, 0.29) is 0 Å². The van der Waals surface area contributed by atoms with Gasteiger partial charge in [-0.25, -0.2) is 0 Å².